The van der Waals surface area contributed by atoms with Crippen LogP contribution in [0.15, 0.2) is 18.2 Å². The number of benzene rings is 1. The minimum Gasteiger partial charge on any atom is -0.363 e. The first-order valence-corrected chi connectivity index (χ1v) is 6.44. The summed E-state index contributed by atoms with van der Waals surface area (Å²) >= 11 is 0. The van der Waals surface area contributed by atoms with Crippen LogP contribution in [0, 0.1) is 21.8 Å². The van der Waals surface area contributed by atoms with Crippen LogP contribution < -0.4 is 10.6 Å². The highest BCUT2D eigenvalue weighted by molar-refractivity contribution is 5.64. The molecule has 0 aromatic heterocycles. The first-order valence-electron chi connectivity index (χ1n) is 6.44. The Kier molecular flexibility index (Phi) is 3.99. The third-order valence-corrected chi connectivity index (χ3v) is 3.77. The van der Waals surface area contributed by atoms with Crippen LogP contribution in [0.25, 0.3) is 0 Å². The highest BCUT2D eigenvalue weighted by Crippen LogP contribution is 2.35. The highest BCUT2D eigenvalue weighted by atomic mass is 19.1. The Labute approximate surface area is 111 Å². The molecule has 0 amide bonds. The molecule has 2 rings (SSSR count). The fraction of sp³-hybridized carbons (Fsp3) is 0.538. The van der Waals surface area contributed by atoms with Gasteiger partial charge in [-0.25, -0.2) is 0 Å². The van der Waals surface area contributed by atoms with Gasteiger partial charge in [0.1, 0.15) is 5.69 Å². The van der Waals surface area contributed by atoms with Crippen molar-refractivity contribution < 1.29 is 9.31 Å². The molecule has 1 fully saturated rings. The predicted octanol–water partition coefficient (Wildman–Crippen LogP) is 2.30. The number of nitro groups is 1. The van der Waals surface area contributed by atoms with Crippen LogP contribution in [0.3, 0.4) is 0 Å². The Morgan fingerprint density at radius 2 is 2.26 bits per heavy atom. The van der Waals surface area contributed by atoms with Gasteiger partial charge in [-0.3, -0.25) is 10.1 Å². The zero-order valence-electron chi connectivity index (χ0n) is 10.9. The number of nitrogens with two attached hydrogens (primary N) is 1. The van der Waals surface area contributed by atoms with E-state index in [-0.39, 0.29) is 6.04 Å². The molecule has 1 aliphatic rings. The monoisotopic (exact) mass is 267 g/mol. The summed E-state index contributed by atoms with van der Waals surface area (Å²) in [6.07, 6.45) is 1.92. The Balaban J connectivity index is 2.39. The number of anilines is 1. The fourth-order valence-electron chi connectivity index (χ4n) is 2.63. The number of piperidine rings is 1. The molecule has 0 spiro atoms. The van der Waals surface area contributed by atoms with Crippen molar-refractivity contribution in [3.05, 3.63) is 34.1 Å². The Hall–Kier alpha value is -1.69. The molecule has 0 aliphatic carbocycles. The largest absolute Gasteiger partial charge is 0.363 e. The van der Waals surface area contributed by atoms with Gasteiger partial charge in [0.05, 0.1) is 4.92 Å². The number of hydrogen-bond acceptors (Lipinski definition) is 4. The average molecular weight is 267 g/mol. The predicted molar refractivity (Wildman–Crippen MR) is 71.6 cm³/mol. The van der Waals surface area contributed by atoms with Crippen molar-refractivity contribution in [2.24, 2.45) is 11.7 Å². The van der Waals surface area contributed by atoms with E-state index < -0.39 is 16.4 Å². The summed E-state index contributed by atoms with van der Waals surface area (Å²) in [5, 5.41) is 11.1. The van der Waals surface area contributed by atoms with Gasteiger partial charge in [0.25, 0.3) is 0 Å². The fourth-order valence-corrected chi connectivity index (χ4v) is 2.63. The van der Waals surface area contributed by atoms with Crippen molar-refractivity contribution in [1.82, 2.24) is 0 Å². The minimum absolute atomic E-state index is 0.156. The second-order valence-electron chi connectivity index (χ2n) is 5.05. The van der Waals surface area contributed by atoms with Crippen molar-refractivity contribution in [2.75, 3.05) is 18.0 Å². The molecule has 0 saturated carbocycles. The van der Waals surface area contributed by atoms with Crippen LogP contribution in [0.1, 0.15) is 19.8 Å². The summed E-state index contributed by atoms with van der Waals surface area (Å²) < 4.78 is 13.7. The van der Waals surface area contributed by atoms with Crippen LogP contribution in [-0.4, -0.2) is 24.1 Å². The Bertz CT molecular complexity index is 481. The zero-order chi connectivity index (χ0) is 14.0. The summed E-state index contributed by atoms with van der Waals surface area (Å²) in [7, 11) is 0. The number of halogens is 1. The molecule has 5 nitrogen and oxygen atoms in total. The Morgan fingerprint density at radius 1 is 1.53 bits per heavy atom. The van der Waals surface area contributed by atoms with Crippen LogP contribution in [0.2, 0.25) is 0 Å². The summed E-state index contributed by atoms with van der Waals surface area (Å²) in [6.45, 7) is 3.19. The molecule has 2 unspecified atom stereocenters. The second-order valence-corrected chi connectivity index (χ2v) is 5.05. The number of rotatable bonds is 3. The van der Waals surface area contributed by atoms with Gasteiger partial charge in [-0.05, 0) is 44.4 Å². The third-order valence-electron chi connectivity index (χ3n) is 3.77. The molecular formula is C13H18FN3O2. The quantitative estimate of drug-likeness (QED) is 0.673. The van der Waals surface area contributed by atoms with E-state index in [1.807, 2.05) is 11.8 Å². The third kappa shape index (κ3) is 2.68. The van der Waals surface area contributed by atoms with Crippen molar-refractivity contribution in [3.8, 4) is 0 Å². The summed E-state index contributed by atoms with van der Waals surface area (Å²) in [5.74, 6) is -0.483. The molecule has 0 radical (unpaired) electrons. The van der Waals surface area contributed by atoms with E-state index >= 15 is 0 Å². The number of nitrogens with zero attached hydrogens (tertiary/aromatic N) is 2. The van der Waals surface area contributed by atoms with Crippen LogP contribution in [0.5, 0.6) is 0 Å². The zero-order valence-corrected chi connectivity index (χ0v) is 10.9. The summed E-state index contributed by atoms with van der Waals surface area (Å²) in [5.41, 5.74) is 5.60. The van der Waals surface area contributed by atoms with Gasteiger partial charge in [0.2, 0.25) is 5.82 Å². The van der Waals surface area contributed by atoms with Crippen molar-refractivity contribution in [3.63, 3.8) is 0 Å². The van der Waals surface area contributed by atoms with E-state index in [0.717, 1.165) is 18.9 Å². The van der Waals surface area contributed by atoms with E-state index in [0.29, 0.717) is 24.7 Å². The molecule has 104 valence electrons. The first kappa shape index (κ1) is 13.7. The van der Waals surface area contributed by atoms with Crippen LogP contribution in [0.4, 0.5) is 15.8 Å². The molecule has 6 heteroatoms. The van der Waals surface area contributed by atoms with Gasteiger partial charge in [-0.15, -0.1) is 0 Å². The lowest BCUT2D eigenvalue weighted by molar-refractivity contribution is -0.386. The van der Waals surface area contributed by atoms with Gasteiger partial charge in [0.15, 0.2) is 0 Å². The number of nitro benzene ring substituents is 1. The van der Waals surface area contributed by atoms with E-state index in [4.69, 9.17) is 5.73 Å². The smallest absolute Gasteiger partial charge is 0.327 e. The van der Waals surface area contributed by atoms with Gasteiger partial charge < -0.3 is 10.6 Å². The maximum absolute atomic E-state index is 13.7. The highest BCUT2D eigenvalue weighted by Gasteiger charge is 2.31. The molecule has 1 saturated heterocycles. The molecule has 1 aliphatic heterocycles. The first-order chi connectivity index (χ1) is 9.04. The lowest BCUT2D eigenvalue weighted by Crippen LogP contribution is -2.44. The molecule has 1 heterocycles. The molecule has 2 atom stereocenters. The lowest BCUT2D eigenvalue weighted by Gasteiger charge is -2.39. The minimum atomic E-state index is -0.787. The average Bonchev–Trinajstić information content (AvgIpc) is 2.38. The molecule has 2 N–H and O–H groups in total. The molecule has 0 bridgehead atoms. The Morgan fingerprint density at radius 3 is 2.89 bits per heavy atom. The van der Waals surface area contributed by atoms with Crippen molar-refractivity contribution in [1.29, 1.82) is 0 Å². The van der Waals surface area contributed by atoms with Crippen molar-refractivity contribution in [2.45, 2.75) is 25.8 Å². The van der Waals surface area contributed by atoms with Gasteiger partial charge >= 0.3 is 5.69 Å². The normalized spacial score (nSPS) is 23.4. The van der Waals surface area contributed by atoms with E-state index in [1.165, 1.54) is 6.07 Å². The van der Waals surface area contributed by atoms with Gasteiger partial charge in [-0.2, -0.15) is 4.39 Å². The second kappa shape index (κ2) is 5.52. The standard InChI is InChI=1S/C13H18FN3O2/c1-9-5-6-10(7-15)8-16(9)12-4-2-3-11(14)13(12)17(18)19/h2-4,9-10H,5-8,15H2,1H3. The topological polar surface area (TPSA) is 72.4 Å². The van der Waals surface area contributed by atoms with E-state index in [2.05, 4.69) is 0 Å². The maximum atomic E-state index is 13.7. The van der Waals surface area contributed by atoms with Crippen LogP contribution in [-0.2, 0) is 0 Å². The summed E-state index contributed by atoms with van der Waals surface area (Å²) in [6, 6.07) is 4.40. The van der Waals surface area contributed by atoms with E-state index in [9.17, 15) is 14.5 Å². The van der Waals surface area contributed by atoms with Crippen LogP contribution >= 0.6 is 0 Å². The molecular weight excluding hydrogens is 249 g/mol. The number of hydrogen-bond donors (Lipinski definition) is 1. The van der Waals surface area contributed by atoms with E-state index in [1.54, 1.807) is 6.07 Å². The molecule has 1 aromatic carbocycles. The SMILES string of the molecule is CC1CCC(CN)CN1c1cccc(F)c1[N+](=O)[O-]. The van der Waals surface area contributed by atoms with Crippen molar-refractivity contribution >= 4 is 11.4 Å². The summed E-state index contributed by atoms with van der Waals surface area (Å²) in [4.78, 5) is 12.3. The molecule has 1 aromatic rings. The lowest BCUT2D eigenvalue weighted by atomic mass is 9.93. The van der Waals surface area contributed by atoms with Gasteiger partial charge in [0, 0.05) is 12.6 Å². The number of para-hydroxylation sites is 1. The maximum Gasteiger partial charge on any atom is 0.327 e. The van der Waals surface area contributed by atoms with Gasteiger partial charge in [-0.1, -0.05) is 6.07 Å². The molecule has 19 heavy (non-hydrogen) atoms.